The summed E-state index contributed by atoms with van der Waals surface area (Å²) < 4.78 is 7.57. The van der Waals surface area contributed by atoms with Crippen LogP contribution in [0.2, 0.25) is 0 Å². The van der Waals surface area contributed by atoms with Gasteiger partial charge in [-0.05, 0) is 44.2 Å². The zero-order valence-electron chi connectivity index (χ0n) is 13.0. The van der Waals surface area contributed by atoms with E-state index in [0.29, 0.717) is 18.1 Å². The molecule has 0 unspecified atom stereocenters. The molecule has 2 aliphatic rings. The Balaban J connectivity index is 1.65. The van der Waals surface area contributed by atoms with Gasteiger partial charge in [-0.3, -0.25) is 4.57 Å². The predicted molar refractivity (Wildman–Crippen MR) is 87.1 cm³/mol. The summed E-state index contributed by atoms with van der Waals surface area (Å²) in [6.45, 7) is 1.98. The Morgan fingerprint density at radius 1 is 1.14 bits per heavy atom. The number of ether oxygens (including phenoxy) is 1. The number of nitrogen functional groups attached to an aromatic ring is 1. The summed E-state index contributed by atoms with van der Waals surface area (Å²) in [6, 6.07) is 4.59. The van der Waals surface area contributed by atoms with E-state index in [-0.39, 0.29) is 0 Å². The molecular formula is C16H23N5O. The van der Waals surface area contributed by atoms with Gasteiger partial charge in [-0.15, -0.1) is 0 Å². The van der Waals surface area contributed by atoms with Gasteiger partial charge < -0.3 is 15.4 Å². The number of fused-ring (bicyclic) bond motifs is 1. The number of piperidine rings is 1. The Labute approximate surface area is 130 Å². The highest BCUT2D eigenvalue weighted by molar-refractivity contribution is 5.76. The van der Waals surface area contributed by atoms with E-state index in [1.54, 1.807) is 7.11 Å². The molecule has 118 valence electrons. The number of rotatable bonds is 3. The van der Waals surface area contributed by atoms with Gasteiger partial charge in [0.05, 0.1) is 6.10 Å². The first kappa shape index (κ1) is 13.8. The fourth-order valence-electron chi connectivity index (χ4n) is 3.48. The minimum absolute atomic E-state index is 0.385. The molecule has 6 heteroatoms. The van der Waals surface area contributed by atoms with Gasteiger partial charge >= 0.3 is 0 Å². The monoisotopic (exact) mass is 301 g/mol. The second-order valence-electron chi connectivity index (χ2n) is 6.36. The first-order valence-corrected chi connectivity index (χ1v) is 8.18. The molecule has 1 saturated carbocycles. The Kier molecular flexibility index (Phi) is 3.41. The topological polar surface area (TPSA) is 69.2 Å². The molecule has 22 heavy (non-hydrogen) atoms. The second-order valence-corrected chi connectivity index (χ2v) is 6.36. The van der Waals surface area contributed by atoms with Crippen LogP contribution in [0.5, 0.6) is 0 Å². The number of imidazole rings is 1. The van der Waals surface area contributed by atoms with E-state index in [0.717, 1.165) is 42.9 Å². The van der Waals surface area contributed by atoms with Crippen LogP contribution in [-0.2, 0) is 4.74 Å². The lowest BCUT2D eigenvalue weighted by Crippen LogP contribution is -2.37. The molecule has 3 heterocycles. The third kappa shape index (κ3) is 2.22. The average molecular weight is 301 g/mol. The standard InChI is InChI=1S/C16H23N5O/c1-22-12-7-9-20(10-8-12)14-6-5-13-15(19-14)21(16(17)18-13)11-3-2-4-11/h5-6,11-12H,2-4,7-10H2,1H3,(H2,17,18). The van der Waals surface area contributed by atoms with Crippen molar-refractivity contribution in [3.8, 4) is 0 Å². The molecule has 1 saturated heterocycles. The number of hydrogen-bond acceptors (Lipinski definition) is 5. The second kappa shape index (κ2) is 5.43. The first-order valence-electron chi connectivity index (χ1n) is 8.18. The van der Waals surface area contributed by atoms with Gasteiger partial charge in [0.1, 0.15) is 11.3 Å². The highest BCUT2D eigenvalue weighted by Crippen LogP contribution is 2.36. The maximum Gasteiger partial charge on any atom is 0.202 e. The molecule has 0 bridgehead atoms. The van der Waals surface area contributed by atoms with Crippen molar-refractivity contribution in [1.82, 2.24) is 14.5 Å². The Bertz CT molecular complexity index is 670. The van der Waals surface area contributed by atoms with Crippen LogP contribution in [0.15, 0.2) is 12.1 Å². The quantitative estimate of drug-likeness (QED) is 0.942. The normalized spacial score (nSPS) is 20.5. The summed E-state index contributed by atoms with van der Waals surface area (Å²) in [6.07, 6.45) is 6.13. The first-order chi connectivity index (χ1) is 10.8. The SMILES string of the molecule is COC1CCN(c2ccc3nc(N)n(C4CCC4)c3n2)CC1. The van der Waals surface area contributed by atoms with Crippen molar-refractivity contribution in [2.24, 2.45) is 0 Å². The number of aromatic nitrogens is 3. The summed E-state index contributed by atoms with van der Waals surface area (Å²) in [5, 5.41) is 0. The van der Waals surface area contributed by atoms with E-state index in [4.69, 9.17) is 15.5 Å². The van der Waals surface area contributed by atoms with Gasteiger partial charge in [-0.1, -0.05) is 0 Å². The van der Waals surface area contributed by atoms with E-state index in [1.807, 2.05) is 6.07 Å². The Morgan fingerprint density at radius 3 is 2.55 bits per heavy atom. The van der Waals surface area contributed by atoms with Crippen LogP contribution in [0.25, 0.3) is 11.2 Å². The van der Waals surface area contributed by atoms with Crippen LogP contribution >= 0.6 is 0 Å². The highest BCUT2D eigenvalue weighted by atomic mass is 16.5. The molecule has 0 spiro atoms. The van der Waals surface area contributed by atoms with Crippen molar-refractivity contribution in [2.75, 3.05) is 30.8 Å². The average Bonchev–Trinajstić information content (AvgIpc) is 2.82. The highest BCUT2D eigenvalue weighted by Gasteiger charge is 2.25. The molecule has 2 aromatic rings. The number of hydrogen-bond donors (Lipinski definition) is 1. The van der Waals surface area contributed by atoms with Crippen molar-refractivity contribution >= 4 is 22.9 Å². The maximum absolute atomic E-state index is 6.11. The molecule has 4 rings (SSSR count). The van der Waals surface area contributed by atoms with Crippen LogP contribution in [0.4, 0.5) is 11.8 Å². The minimum Gasteiger partial charge on any atom is -0.381 e. The van der Waals surface area contributed by atoms with Crippen LogP contribution in [0, 0.1) is 0 Å². The number of anilines is 2. The molecule has 2 fully saturated rings. The van der Waals surface area contributed by atoms with Crippen molar-refractivity contribution in [3.05, 3.63) is 12.1 Å². The lowest BCUT2D eigenvalue weighted by molar-refractivity contribution is 0.0818. The third-order valence-corrected chi connectivity index (χ3v) is 5.09. The summed E-state index contributed by atoms with van der Waals surface area (Å²) in [4.78, 5) is 11.7. The third-order valence-electron chi connectivity index (χ3n) is 5.09. The van der Waals surface area contributed by atoms with Crippen molar-refractivity contribution in [2.45, 2.75) is 44.2 Å². The predicted octanol–water partition coefficient (Wildman–Crippen LogP) is 2.35. The number of methoxy groups -OCH3 is 1. The molecule has 0 aromatic carbocycles. The summed E-state index contributed by atoms with van der Waals surface area (Å²) >= 11 is 0. The number of pyridine rings is 1. The van der Waals surface area contributed by atoms with E-state index in [2.05, 4.69) is 20.5 Å². The Hall–Kier alpha value is -1.82. The van der Waals surface area contributed by atoms with E-state index in [9.17, 15) is 0 Å². The largest absolute Gasteiger partial charge is 0.381 e. The van der Waals surface area contributed by atoms with Crippen LogP contribution in [0.3, 0.4) is 0 Å². The van der Waals surface area contributed by atoms with Crippen LogP contribution < -0.4 is 10.6 Å². The minimum atomic E-state index is 0.385. The zero-order chi connectivity index (χ0) is 15.1. The molecule has 1 aliphatic carbocycles. The molecule has 2 aromatic heterocycles. The van der Waals surface area contributed by atoms with E-state index in [1.165, 1.54) is 19.3 Å². The fourth-order valence-corrected chi connectivity index (χ4v) is 3.48. The van der Waals surface area contributed by atoms with Gasteiger partial charge in [0.15, 0.2) is 5.65 Å². The molecular weight excluding hydrogens is 278 g/mol. The van der Waals surface area contributed by atoms with Gasteiger partial charge in [-0.25, -0.2) is 9.97 Å². The van der Waals surface area contributed by atoms with Gasteiger partial charge in [0.2, 0.25) is 5.95 Å². The number of nitrogens with zero attached hydrogens (tertiary/aromatic N) is 4. The fraction of sp³-hybridized carbons (Fsp3) is 0.625. The van der Waals surface area contributed by atoms with Crippen molar-refractivity contribution < 1.29 is 4.74 Å². The van der Waals surface area contributed by atoms with E-state index >= 15 is 0 Å². The molecule has 0 atom stereocenters. The molecule has 6 nitrogen and oxygen atoms in total. The lowest BCUT2D eigenvalue weighted by Gasteiger charge is -2.32. The summed E-state index contributed by atoms with van der Waals surface area (Å²) in [5.41, 5.74) is 7.95. The maximum atomic E-state index is 6.11. The van der Waals surface area contributed by atoms with Crippen LogP contribution in [-0.4, -0.2) is 40.8 Å². The molecule has 0 radical (unpaired) electrons. The summed E-state index contributed by atoms with van der Waals surface area (Å²) in [7, 11) is 1.80. The van der Waals surface area contributed by atoms with Crippen LogP contribution in [0.1, 0.15) is 38.1 Å². The molecule has 1 aliphatic heterocycles. The van der Waals surface area contributed by atoms with Gasteiger partial charge in [-0.2, -0.15) is 0 Å². The molecule has 2 N–H and O–H groups in total. The van der Waals surface area contributed by atoms with Gasteiger partial charge in [0, 0.05) is 26.2 Å². The van der Waals surface area contributed by atoms with E-state index < -0.39 is 0 Å². The smallest absolute Gasteiger partial charge is 0.202 e. The Morgan fingerprint density at radius 2 is 1.91 bits per heavy atom. The zero-order valence-corrected chi connectivity index (χ0v) is 13.0. The molecule has 0 amide bonds. The summed E-state index contributed by atoms with van der Waals surface area (Å²) in [5.74, 6) is 1.63. The lowest BCUT2D eigenvalue weighted by atomic mass is 9.93. The van der Waals surface area contributed by atoms with Gasteiger partial charge in [0.25, 0.3) is 0 Å². The number of nitrogens with two attached hydrogens (primary N) is 1. The van der Waals surface area contributed by atoms with Crippen molar-refractivity contribution in [1.29, 1.82) is 0 Å². The van der Waals surface area contributed by atoms with Crippen molar-refractivity contribution in [3.63, 3.8) is 0 Å².